The number of nitrogens with zero attached hydrogens (tertiary/aromatic N) is 2. The number of likely N-dealkylation sites (N-methyl/N-ethyl adjacent to an activating group) is 1. The van der Waals surface area contributed by atoms with Crippen LogP contribution in [0.4, 0.5) is 5.82 Å². The summed E-state index contributed by atoms with van der Waals surface area (Å²) in [6, 6.07) is 13.4. The largest absolute Gasteiger partial charge is 0.493 e. The summed E-state index contributed by atoms with van der Waals surface area (Å²) in [5.74, 6) is 0.210. The van der Waals surface area contributed by atoms with E-state index >= 15 is 0 Å². The molecule has 0 aliphatic heterocycles. The lowest BCUT2D eigenvalue weighted by molar-refractivity contribution is -0.143. The van der Waals surface area contributed by atoms with Crippen LogP contribution in [-0.2, 0) is 25.0 Å². The van der Waals surface area contributed by atoms with E-state index in [4.69, 9.17) is 18.9 Å². The number of methoxy groups -OCH3 is 1. The van der Waals surface area contributed by atoms with Crippen LogP contribution < -0.4 is 24.2 Å². The second kappa shape index (κ2) is 12.8. The van der Waals surface area contributed by atoms with Gasteiger partial charge in [0.05, 0.1) is 18.6 Å². The molecule has 2 N–H and O–H groups in total. The van der Waals surface area contributed by atoms with Crippen LogP contribution in [-0.4, -0.2) is 58.3 Å². The van der Waals surface area contributed by atoms with Crippen molar-refractivity contribution in [2.24, 2.45) is 0 Å². The molecule has 0 radical (unpaired) electrons. The molecule has 0 saturated heterocycles. The van der Waals surface area contributed by atoms with Crippen LogP contribution in [0.1, 0.15) is 32.2 Å². The molecule has 0 amide bonds. The predicted molar refractivity (Wildman–Crippen MR) is 146 cm³/mol. The van der Waals surface area contributed by atoms with E-state index in [9.17, 15) is 13.2 Å². The summed E-state index contributed by atoms with van der Waals surface area (Å²) in [4.78, 5) is 20.3. The van der Waals surface area contributed by atoms with Crippen molar-refractivity contribution in [3.05, 3.63) is 59.9 Å². The fourth-order valence-corrected chi connectivity index (χ4v) is 4.42. The maximum atomic E-state index is 13.4. The molecule has 12 heteroatoms. The molecule has 0 spiro atoms. The van der Waals surface area contributed by atoms with E-state index in [1.54, 1.807) is 50.4 Å². The lowest BCUT2D eigenvalue weighted by Crippen LogP contribution is -2.23. The Balaban J connectivity index is 1.97. The van der Waals surface area contributed by atoms with Gasteiger partial charge in [0.25, 0.3) is 15.9 Å². The molecule has 0 bridgehead atoms. The smallest absolute Gasteiger partial charge is 0.320 e. The first-order valence-electron chi connectivity index (χ1n) is 12.2. The van der Waals surface area contributed by atoms with Crippen molar-refractivity contribution < 1.29 is 32.2 Å². The number of benzene rings is 2. The molecule has 0 aliphatic carbocycles. The zero-order chi connectivity index (χ0) is 28.6. The molecule has 3 rings (SSSR count). The van der Waals surface area contributed by atoms with Gasteiger partial charge >= 0.3 is 5.97 Å². The Kier molecular flexibility index (Phi) is 9.71. The molecule has 210 valence electrons. The second-order valence-electron chi connectivity index (χ2n) is 9.49. The summed E-state index contributed by atoms with van der Waals surface area (Å²) in [5.41, 5.74) is 0.855. The van der Waals surface area contributed by atoms with Crippen molar-refractivity contribution in [1.82, 2.24) is 15.3 Å². The summed E-state index contributed by atoms with van der Waals surface area (Å²) < 4.78 is 51.5. The van der Waals surface area contributed by atoms with E-state index in [1.807, 2.05) is 20.8 Å². The number of aromatic nitrogens is 2. The van der Waals surface area contributed by atoms with E-state index in [0.717, 1.165) is 5.56 Å². The molecular formula is C27H34N4O7S. The molecule has 1 heterocycles. The van der Waals surface area contributed by atoms with Gasteiger partial charge in [0, 0.05) is 0 Å². The number of para-hydroxylation sites is 2. The van der Waals surface area contributed by atoms with Gasteiger partial charge in [0.2, 0.25) is 5.75 Å². The number of rotatable bonds is 12. The second-order valence-corrected chi connectivity index (χ2v) is 11.2. The number of esters is 1. The average molecular weight is 559 g/mol. The van der Waals surface area contributed by atoms with Crippen molar-refractivity contribution in [3.8, 4) is 23.1 Å². The monoisotopic (exact) mass is 558 g/mol. The van der Waals surface area contributed by atoms with Gasteiger partial charge in [-0.3, -0.25) is 9.52 Å². The first-order chi connectivity index (χ1) is 18.4. The molecule has 0 fully saturated rings. The Hall–Kier alpha value is -3.90. The standard InChI is InChI=1S/C27H34N4O7S/c1-18-29-25(31-39(33,34)20-13-11-19(12-14-20)27(2,3)4)24(38-22-10-8-7-9-21(22)35-6)26(30-18)37-16-15-36-23(32)17-28-5/h7-14,28H,15-17H2,1-6H3,(H,29,30,31). The summed E-state index contributed by atoms with van der Waals surface area (Å²) >= 11 is 0. The molecule has 1 aromatic heterocycles. The van der Waals surface area contributed by atoms with E-state index in [2.05, 4.69) is 20.0 Å². The summed E-state index contributed by atoms with van der Waals surface area (Å²) in [5, 5.41) is 2.70. The number of carbonyl (C=O) groups is 1. The molecular weight excluding hydrogens is 524 g/mol. The summed E-state index contributed by atoms with van der Waals surface area (Å²) in [7, 11) is -0.955. The molecule has 0 aliphatic rings. The fourth-order valence-electron chi connectivity index (χ4n) is 3.42. The lowest BCUT2D eigenvalue weighted by atomic mass is 9.87. The fraction of sp³-hybridized carbons (Fsp3) is 0.370. The van der Waals surface area contributed by atoms with Gasteiger partial charge in [-0.15, -0.1) is 0 Å². The SMILES string of the molecule is CNCC(=O)OCCOc1nc(C)nc(NS(=O)(=O)c2ccc(C(C)(C)C)cc2)c1Oc1ccccc1OC. The number of hydrogen-bond donors (Lipinski definition) is 2. The first kappa shape index (κ1) is 29.7. The third-order valence-electron chi connectivity index (χ3n) is 5.40. The van der Waals surface area contributed by atoms with Crippen molar-refractivity contribution in [1.29, 1.82) is 0 Å². The van der Waals surface area contributed by atoms with E-state index < -0.39 is 16.0 Å². The van der Waals surface area contributed by atoms with Crippen molar-refractivity contribution >= 4 is 21.8 Å². The number of carbonyl (C=O) groups excluding carboxylic acids is 1. The van der Waals surface area contributed by atoms with Gasteiger partial charge in [0.15, 0.2) is 17.3 Å². The first-order valence-corrected chi connectivity index (χ1v) is 13.7. The number of anilines is 1. The summed E-state index contributed by atoms with van der Waals surface area (Å²) in [6.45, 7) is 7.66. The molecule has 11 nitrogen and oxygen atoms in total. The van der Waals surface area contributed by atoms with Crippen LogP contribution >= 0.6 is 0 Å². The minimum atomic E-state index is -4.07. The third kappa shape index (κ3) is 8.04. The van der Waals surface area contributed by atoms with E-state index in [1.165, 1.54) is 19.2 Å². The van der Waals surface area contributed by atoms with Crippen LogP contribution in [0, 0.1) is 6.92 Å². The highest BCUT2D eigenvalue weighted by atomic mass is 32.2. The van der Waals surface area contributed by atoms with Crippen molar-refractivity contribution in [3.63, 3.8) is 0 Å². The van der Waals surface area contributed by atoms with Gasteiger partial charge in [-0.05, 0) is 49.2 Å². The Morgan fingerprint density at radius 3 is 2.26 bits per heavy atom. The van der Waals surface area contributed by atoms with E-state index in [0.29, 0.717) is 5.75 Å². The van der Waals surface area contributed by atoms with Crippen LogP contribution in [0.15, 0.2) is 53.4 Å². The molecule has 3 aromatic rings. The van der Waals surface area contributed by atoms with Gasteiger partial charge in [-0.1, -0.05) is 45.0 Å². The van der Waals surface area contributed by atoms with E-state index in [-0.39, 0.29) is 59.1 Å². The summed E-state index contributed by atoms with van der Waals surface area (Å²) in [6.07, 6.45) is 0. The Labute approximate surface area is 228 Å². The third-order valence-corrected chi connectivity index (χ3v) is 6.75. The maximum absolute atomic E-state index is 13.4. The molecule has 39 heavy (non-hydrogen) atoms. The van der Waals surface area contributed by atoms with Crippen LogP contribution in [0.3, 0.4) is 0 Å². The minimum Gasteiger partial charge on any atom is -0.493 e. The topological polar surface area (TPSA) is 138 Å². The minimum absolute atomic E-state index is 0.0427. The molecule has 0 atom stereocenters. The maximum Gasteiger partial charge on any atom is 0.320 e. The van der Waals surface area contributed by atoms with Gasteiger partial charge in [0.1, 0.15) is 19.0 Å². The highest BCUT2D eigenvalue weighted by Gasteiger charge is 2.25. The van der Waals surface area contributed by atoms with Gasteiger partial charge in [-0.2, -0.15) is 4.98 Å². The number of aryl methyl sites for hydroxylation is 1. The zero-order valence-corrected chi connectivity index (χ0v) is 23.7. The Bertz CT molecular complexity index is 1390. The zero-order valence-electron chi connectivity index (χ0n) is 22.9. The van der Waals surface area contributed by atoms with Crippen molar-refractivity contribution in [2.75, 3.05) is 38.6 Å². The number of sulfonamides is 1. The Morgan fingerprint density at radius 1 is 0.974 bits per heavy atom. The number of ether oxygens (including phenoxy) is 4. The lowest BCUT2D eigenvalue weighted by Gasteiger charge is -2.20. The number of nitrogens with one attached hydrogen (secondary N) is 2. The quantitative estimate of drug-likeness (QED) is 0.249. The predicted octanol–water partition coefficient (Wildman–Crippen LogP) is 3.83. The molecule has 0 unspecified atom stereocenters. The number of hydrogen-bond acceptors (Lipinski definition) is 10. The van der Waals surface area contributed by atoms with Crippen LogP contribution in [0.5, 0.6) is 23.1 Å². The highest BCUT2D eigenvalue weighted by Crippen LogP contribution is 2.40. The van der Waals surface area contributed by atoms with Gasteiger partial charge < -0.3 is 24.3 Å². The Morgan fingerprint density at radius 2 is 1.64 bits per heavy atom. The highest BCUT2D eigenvalue weighted by molar-refractivity contribution is 7.92. The van der Waals surface area contributed by atoms with Crippen molar-refractivity contribution in [2.45, 2.75) is 38.0 Å². The molecule has 2 aromatic carbocycles. The van der Waals surface area contributed by atoms with Crippen LogP contribution in [0.25, 0.3) is 0 Å². The van der Waals surface area contributed by atoms with Crippen LogP contribution in [0.2, 0.25) is 0 Å². The average Bonchev–Trinajstić information content (AvgIpc) is 2.88. The normalized spacial score (nSPS) is 11.5. The molecule has 0 saturated carbocycles. The van der Waals surface area contributed by atoms with Gasteiger partial charge in [-0.25, -0.2) is 13.4 Å².